The van der Waals surface area contributed by atoms with E-state index in [1.54, 1.807) is 0 Å². The van der Waals surface area contributed by atoms with Crippen LogP contribution >= 0.6 is 0 Å². The normalized spacial score (nSPS) is 11.7. The van der Waals surface area contributed by atoms with Gasteiger partial charge in [-0.15, -0.1) is 0 Å². The molecule has 0 radical (unpaired) electrons. The summed E-state index contributed by atoms with van der Waals surface area (Å²) in [5.74, 6) is 5.26. The van der Waals surface area contributed by atoms with Crippen LogP contribution in [-0.4, -0.2) is 49.2 Å². The molecule has 108 valence electrons. The summed E-state index contributed by atoms with van der Waals surface area (Å²) in [6.07, 6.45) is 0. The summed E-state index contributed by atoms with van der Waals surface area (Å²) in [7, 11) is 3.95. The zero-order valence-electron chi connectivity index (χ0n) is 12.5. The van der Waals surface area contributed by atoms with Gasteiger partial charge in [0.2, 0.25) is 0 Å². The van der Waals surface area contributed by atoms with Crippen molar-refractivity contribution in [2.75, 3.05) is 27.2 Å². The minimum Gasteiger partial charge on any atom is -0.384 e. The Labute approximate surface area is 120 Å². The van der Waals surface area contributed by atoms with Gasteiger partial charge in [0.25, 0.3) is 5.91 Å². The maximum Gasteiger partial charge on any atom is 0.252 e. The van der Waals surface area contributed by atoms with E-state index in [1.807, 2.05) is 51.0 Å². The van der Waals surface area contributed by atoms with Gasteiger partial charge >= 0.3 is 0 Å². The Hall–Kier alpha value is -1.83. The van der Waals surface area contributed by atoms with E-state index in [0.29, 0.717) is 17.7 Å². The minimum atomic E-state index is -0.216. The number of aryl methyl sites for hydroxylation is 1. The summed E-state index contributed by atoms with van der Waals surface area (Å²) in [6.45, 7) is 4.34. The molecule has 1 unspecified atom stereocenters. The first-order valence-electron chi connectivity index (χ1n) is 6.60. The quantitative estimate of drug-likeness (QED) is 0.806. The van der Waals surface area contributed by atoms with Crippen LogP contribution in [0.2, 0.25) is 0 Å². The Morgan fingerprint density at radius 1 is 1.45 bits per heavy atom. The van der Waals surface area contributed by atoms with E-state index in [1.165, 1.54) is 0 Å². The highest BCUT2D eigenvalue weighted by atomic mass is 16.2. The van der Waals surface area contributed by atoms with E-state index in [9.17, 15) is 4.79 Å². The smallest absolute Gasteiger partial charge is 0.252 e. The SMILES string of the molecule is Cc1ccc(C#CCO)c(C(=O)NCC(C)N(C)C)c1. The van der Waals surface area contributed by atoms with Crippen LogP contribution in [0.1, 0.15) is 28.4 Å². The molecule has 0 aliphatic carbocycles. The lowest BCUT2D eigenvalue weighted by Crippen LogP contribution is -2.38. The van der Waals surface area contributed by atoms with E-state index < -0.39 is 0 Å². The van der Waals surface area contributed by atoms with Crippen LogP contribution in [0.15, 0.2) is 18.2 Å². The molecule has 0 aliphatic rings. The van der Waals surface area contributed by atoms with Gasteiger partial charge in [-0.3, -0.25) is 4.79 Å². The summed E-state index contributed by atoms with van der Waals surface area (Å²) in [6, 6.07) is 5.79. The van der Waals surface area contributed by atoms with Gasteiger partial charge in [0.1, 0.15) is 6.61 Å². The summed E-state index contributed by atoms with van der Waals surface area (Å²) in [4.78, 5) is 14.3. The van der Waals surface area contributed by atoms with E-state index >= 15 is 0 Å². The number of amides is 1. The molecule has 1 atom stereocenters. The number of carbonyl (C=O) groups is 1. The summed E-state index contributed by atoms with van der Waals surface area (Å²) in [5.41, 5.74) is 2.20. The average Bonchev–Trinajstić information content (AvgIpc) is 2.42. The number of nitrogens with one attached hydrogen (secondary N) is 1. The number of hydrogen-bond acceptors (Lipinski definition) is 3. The molecule has 0 fully saturated rings. The van der Waals surface area contributed by atoms with Gasteiger partial charge in [-0.1, -0.05) is 23.5 Å². The maximum atomic E-state index is 12.2. The fourth-order valence-corrected chi connectivity index (χ4v) is 1.61. The predicted molar refractivity (Wildman–Crippen MR) is 80.6 cm³/mol. The number of carbonyl (C=O) groups excluding carboxylic acids is 1. The lowest BCUT2D eigenvalue weighted by Gasteiger charge is -2.20. The van der Waals surface area contributed by atoms with Crippen LogP contribution in [0.4, 0.5) is 0 Å². The molecule has 0 aromatic heterocycles. The second kappa shape index (κ2) is 7.68. The van der Waals surface area contributed by atoms with Gasteiger partial charge in [-0.2, -0.15) is 0 Å². The number of aliphatic hydroxyl groups excluding tert-OH is 1. The number of likely N-dealkylation sites (N-methyl/N-ethyl adjacent to an activating group) is 1. The van der Waals surface area contributed by atoms with Gasteiger partial charge in [-0.25, -0.2) is 0 Å². The van der Waals surface area contributed by atoms with Crippen molar-refractivity contribution in [2.45, 2.75) is 19.9 Å². The summed E-state index contributed by atoms with van der Waals surface area (Å²) in [5, 5.41) is 11.7. The highest BCUT2D eigenvalue weighted by Gasteiger charge is 2.12. The molecule has 4 nitrogen and oxygen atoms in total. The molecule has 0 bridgehead atoms. The monoisotopic (exact) mass is 274 g/mol. The van der Waals surface area contributed by atoms with Crippen LogP contribution in [0.5, 0.6) is 0 Å². The molecular formula is C16H22N2O2. The Bertz CT molecular complexity index is 527. The fourth-order valence-electron chi connectivity index (χ4n) is 1.61. The van der Waals surface area contributed by atoms with Gasteiger partial charge < -0.3 is 15.3 Å². The number of benzene rings is 1. The Balaban J connectivity index is 2.88. The van der Waals surface area contributed by atoms with Gasteiger partial charge in [0.05, 0.1) is 5.56 Å². The third kappa shape index (κ3) is 4.69. The largest absolute Gasteiger partial charge is 0.384 e. The average molecular weight is 274 g/mol. The van der Waals surface area contributed by atoms with Crippen molar-refractivity contribution in [2.24, 2.45) is 0 Å². The van der Waals surface area contributed by atoms with Crippen molar-refractivity contribution in [3.8, 4) is 11.8 Å². The standard InChI is InChI=1S/C16H22N2O2/c1-12-7-8-14(6-5-9-19)15(10-12)16(20)17-11-13(2)18(3)4/h7-8,10,13,19H,9,11H2,1-4H3,(H,17,20). The molecule has 0 saturated carbocycles. The maximum absolute atomic E-state index is 12.2. The van der Waals surface area contributed by atoms with Crippen LogP contribution in [0.3, 0.4) is 0 Å². The summed E-state index contributed by atoms with van der Waals surface area (Å²) < 4.78 is 0. The fraction of sp³-hybridized carbons (Fsp3) is 0.438. The van der Waals surface area contributed by atoms with E-state index in [-0.39, 0.29) is 18.6 Å². The number of rotatable bonds is 4. The predicted octanol–water partition coefficient (Wildman–Crippen LogP) is 1.02. The lowest BCUT2D eigenvalue weighted by atomic mass is 10.0. The van der Waals surface area contributed by atoms with Crippen LogP contribution in [0.25, 0.3) is 0 Å². The van der Waals surface area contributed by atoms with E-state index in [0.717, 1.165) is 5.56 Å². The lowest BCUT2D eigenvalue weighted by molar-refractivity contribution is 0.0943. The molecule has 0 heterocycles. The highest BCUT2D eigenvalue weighted by Crippen LogP contribution is 2.11. The molecule has 20 heavy (non-hydrogen) atoms. The Morgan fingerprint density at radius 2 is 2.15 bits per heavy atom. The molecule has 1 amide bonds. The molecule has 1 aromatic carbocycles. The minimum absolute atomic E-state index is 0.135. The molecule has 0 spiro atoms. The molecule has 1 rings (SSSR count). The highest BCUT2D eigenvalue weighted by molar-refractivity contribution is 5.97. The van der Waals surface area contributed by atoms with Crippen LogP contribution in [-0.2, 0) is 0 Å². The Kier molecular flexibility index (Phi) is 6.23. The van der Waals surface area contributed by atoms with Gasteiger partial charge in [-0.05, 0) is 40.1 Å². The van der Waals surface area contributed by atoms with Crippen molar-refractivity contribution in [1.82, 2.24) is 10.2 Å². The number of hydrogen-bond donors (Lipinski definition) is 2. The van der Waals surface area contributed by atoms with Crippen molar-refractivity contribution >= 4 is 5.91 Å². The second-order valence-corrected chi connectivity index (χ2v) is 5.03. The molecule has 0 aliphatic heterocycles. The first-order valence-corrected chi connectivity index (χ1v) is 6.60. The molecule has 1 aromatic rings. The van der Waals surface area contributed by atoms with Gasteiger partial charge in [0.15, 0.2) is 0 Å². The van der Waals surface area contributed by atoms with Crippen LogP contribution in [0, 0.1) is 18.8 Å². The van der Waals surface area contributed by atoms with Crippen molar-refractivity contribution in [3.05, 3.63) is 34.9 Å². The third-order valence-corrected chi connectivity index (χ3v) is 3.16. The summed E-state index contributed by atoms with van der Waals surface area (Å²) >= 11 is 0. The molecule has 2 N–H and O–H groups in total. The van der Waals surface area contributed by atoms with Crippen LogP contribution < -0.4 is 5.32 Å². The first-order chi connectivity index (χ1) is 9.45. The molecule has 4 heteroatoms. The third-order valence-electron chi connectivity index (χ3n) is 3.16. The van der Waals surface area contributed by atoms with Crippen molar-refractivity contribution in [1.29, 1.82) is 0 Å². The zero-order valence-corrected chi connectivity index (χ0v) is 12.5. The number of nitrogens with zero attached hydrogens (tertiary/aromatic N) is 1. The first kappa shape index (κ1) is 16.2. The Morgan fingerprint density at radius 3 is 2.75 bits per heavy atom. The molecule has 0 saturated heterocycles. The van der Waals surface area contributed by atoms with Crippen molar-refractivity contribution < 1.29 is 9.90 Å². The van der Waals surface area contributed by atoms with Gasteiger partial charge in [0, 0.05) is 18.2 Å². The van der Waals surface area contributed by atoms with E-state index in [2.05, 4.69) is 17.2 Å². The zero-order chi connectivity index (χ0) is 15.1. The second-order valence-electron chi connectivity index (χ2n) is 5.03. The topological polar surface area (TPSA) is 52.6 Å². The number of aliphatic hydroxyl groups is 1. The molecular weight excluding hydrogens is 252 g/mol. The van der Waals surface area contributed by atoms with E-state index in [4.69, 9.17) is 5.11 Å². The van der Waals surface area contributed by atoms with Crippen molar-refractivity contribution in [3.63, 3.8) is 0 Å².